The molecule has 1 atom stereocenters. The van der Waals surface area contributed by atoms with Gasteiger partial charge < -0.3 is 9.47 Å². The van der Waals surface area contributed by atoms with Crippen molar-refractivity contribution >= 4 is 0 Å². The number of hydrogen-bond acceptors (Lipinski definition) is 2. The van der Waals surface area contributed by atoms with E-state index < -0.39 is 5.79 Å². The first-order valence-electron chi connectivity index (χ1n) is 12.2. The van der Waals surface area contributed by atoms with Crippen LogP contribution in [0.1, 0.15) is 137 Å². The van der Waals surface area contributed by atoms with Crippen molar-refractivity contribution in [1.29, 1.82) is 0 Å². The van der Waals surface area contributed by atoms with Gasteiger partial charge in [0.15, 0.2) is 5.79 Å². The largest absolute Gasteiger partial charge is 0.353 e. The highest BCUT2D eigenvalue weighted by atomic mass is 16.7. The van der Waals surface area contributed by atoms with Crippen molar-refractivity contribution in [1.82, 2.24) is 0 Å². The maximum Gasteiger partial charge on any atom is 0.170 e. The molecule has 0 radical (unpaired) electrons. The van der Waals surface area contributed by atoms with Gasteiger partial charge in [0.25, 0.3) is 0 Å². The fourth-order valence-electron chi connectivity index (χ4n) is 4.61. The average Bonchev–Trinajstić information content (AvgIpc) is 2.70. The minimum absolute atomic E-state index is 0.142. The third-order valence-corrected chi connectivity index (χ3v) is 6.94. The molecule has 0 N–H and O–H groups in total. The van der Waals surface area contributed by atoms with Crippen molar-refractivity contribution in [3.8, 4) is 0 Å². The van der Waals surface area contributed by atoms with E-state index in [9.17, 15) is 0 Å². The maximum atomic E-state index is 5.94. The Kier molecular flexibility index (Phi) is 16.8. The summed E-state index contributed by atoms with van der Waals surface area (Å²) in [5.41, 5.74) is 0.142. The zero-order valence-electron chi connectivity index (χ0n) is 19.8. The fourth-order valence-corrected chi connectivity index (χ4v) is 4.61. The summed E-state index contributed by atoms with van der Waals surface area (Å²) in [5.74, 6) is -0.466. The molecule has 0 saturated carbocycles. The number of methoxy groups -OCH3 is 2. The SMILES string of the molecule is CCCCCCCCCCC(CC)(CCCCCCCC)C(C)(OC)OC. The van der Waals surface area contributed by atoms with Gasteiger partial charge in [0, 0.05) is 19.6 Å². The summed E-state index contributed by atoms with van der Waals surface area (Å²) in [5, 5.41) is 0. The van der Waals surface area contributed by atoms with E-state index in [1.54, 1.807) is 0 Å². The van der Waals surface area contributed by atoms with Gasteiger partial charge in [-0.15, -0.1) is 0 Å². The number of rotatable bonds is 20. The third kappa shape index (κ3) is 10.3. The normalized spacial score (nSPS) is 14.4. The highest BCUT2D eigenvalue weighted by Crippen LogP contribution is 2.47. The lowest BCUT2D eigenvalue weighted by atomic mass is 9.69. The van der Waals surface area contributed by atoms with Crippen molar-refractivity contribution in [3.63, 3.8) is 0 Å². The lowest BCUT2D eigenvalue weighted by Crippen LogP contribution is -2.49. The van der Waals surface area contributed by atoms with E-state index in [2.05, 4.69) is 27.7 Å². The van der Waals surface area contributed by atoms with Crippen LogP contribution in [0.15, 0.2) is 0 Å². The molecule has 0 fully saturated rings. The molecule has 0 aromatic heterocycles. The van der Waals surface area contributed by atoms with Crippen LogP contribution in [0.2, 0.25) is 0 Å². The molecule has 0 heterocycles. The van der Waals surface area contributed by atoms with Crippen molar-refractivity contribution in [2.24, 2.45) is 5.41 Å². The second kappa shape index (κ2) is 16.8. The number of hydrogen-bond donors (Lipinski definition) is 0. The Hall–Kier alpha value is -0.0800. The molecule has 0 aromatic carbocycles. The summed E-state index contributed by atoms with van der Waals surface area (Å²) in [6.45, 7) is 9.07. The van der Waals surface area contributed by atoms with Gasteiger partial charge in [0.2, 0.25) is 0 Å². The molecular weight excluding hydrogens is 332 g/mol. The van der Waals surface area contributed by atoms with E-state index in [-0.39, 0.29) is 5.41 Å². The van der Waals surface area contributed by atoms with Gasteiger partial charge in [-0.25, -0.2) is 0 Å². The van der Waals surface area contributed by atoms with Gasteiger partial charge >= 0.3 is 0 Å². The van der Waals surface area contributed by atoms with Crippen LogP contribution in [-0.4, -0.2) is 20.0 Å². The lowest BCUT2D eigenvalue weighted by molar-refractivity contribution is -0.271. The van der Waals surface area contributed by atoms with Crippen LogP contribution < -0.4 is 0 Å². The van der Waals surface area contributed by atoms with Crippen LogP contribution >= 0.6 is 0 Å². The van der Waals surface area contributed by atoms with E-state index in [0.717, 1.165) is 6.42 Å². The Labute approximate surface area is 172 Å². The first kappa shape index (κ1) is 26.9. The quantitative estimate of drug-likeness (QED) is 0.154. The Morgan fingerprint density at radius 1 is 0.519 bits per heavy atom. The second-order valence-corrected chi connectivity index (χ2v) is 8.73. The highest BCUT2D eigenvalue weighted by Gasteiger charge is 2.46. The molecule has 0 aliphatic rings. The maximum absolute atomic E-state index is 5.94. The van der Waals surface area contributed by atoms with Crippen molar-refractivity contribution in [3.05, 3.63) is 0 Å². The van der Waals surface area contributed by atoms with E-state index >= 15 is 0 Å². The van der Waals surface area contributed by atoms with E-state index in [1.807, 2.05) is 14.2 Å². The van der Waals surface area contributed by atoms with Gasteiger partial charge in [-0.2, -0.15) is 0 Å². The third-order valence-electron chi connectivity index (χ3n) is 6.94. The van der Waals surface area contributed by atoms with E-state index in [0.29, 0.717) is 0 Å². The lowest BCUT2D eigenvalue weighted by Gasteiger charge is -2.47. The molecule has 2 heteroatoms. The van der Waals surface area contributed by atoms with Gasteiger partial charge in [-0.3, -0.25) is 0 Å². The molecule has 2 nitrogen and oxygen atoms in total. The van der Waals surface area contributed by atoms with Gasteiger partial charge in [0.05, 0.1) is 0 Å². The molecule has 27 heavy (non-hydrogen) atoms. The summed E-state index contributed by atoms with van der Waals surface area (Å²) in [7, 11) is 3.64. The van der Waals surface area contributed by atoms with Crippen LogP contribution in [-0.2, 0) is 9.47 Å². The molecule has 0 rings (SSSR count). The molecule has 0 bridgehead atoms. The zero-order chi connectivity index (χ0) is 20.4. The first-order valence-corrected chi connectivity index (χ1v) is 12.2. The molecule has 1 unspecified atom stereocenters. The van der Waals surface area contributed by atoms with E-state index in [4.69, 9.17) is 9.47 Å². The predicted molar refractivity (Wildman–Crippen MR) is 120 cm³/mol. The molecule has 0 aliphatic carbocycles. The Balaban J connectivity index is 4.50. The Morgan fingerprint density at radius 2 is 0.852 bits per heavy atom. The van der Waals surface area contributed by atoms with Crippen LogP contribution in [0.3, 0.4) is 0 Å². The fraction of sp³-hybridized carbons (Fsp3) is 1.00. The van der Waals surface area contributed by atoms with Crippen LogP contribution in [0.25, 0.3) is 0 Å². The molecule has 0 saturated heterocycles. The van der Waals surface area contributed by atoms with Gasteiger partial charge in [0.1, 0.15) is 0 Å². The minimum atomic E-state index is -0.466. The standard InChI is InChI=1S/C25H52O2/c1-7-10-12-14-16-17-19-21-23-25(9-3,24(4,26-5)27-6)22-20-18-15-13-11-8-2/h7-23H2,1-6H3. The molecule has 0 aromatic rings. The highest BCUT2D eigenvalue weighted by molar-refractivity contribution is 4.90. The molecule has 164 valence electrons. The van der Waals surface area contributed by atoms with E-state index in [1.165, 1.54) is 103 Å². The molecule has 0 amide bonds. The first-order chi connectivity index (χ1) is 13.1. The summed E-state index contributed by atoms with van der Waals surface area (Å²) < 4.78 is 11.9. The van der Waals surface area contributed by atoms with Crippen LogP contribution in [0, 0.1) is 5.41 Å². The smallest absolute Gasteiger partial charge is 0.170 e. The van der Waals surface area contributed by atoms with Crippen molar-refractivity contribution < 1.29 is 9.47 Å². The van der Waals surface area contributed by atoms with Gasteiger partial charge in [-0.05, 0) is 26.2 Å². The van der Waals surface area contributed by atoms with Crippen molar-refractivity contribution in [2.75, 3.05) is 14.2 Å². The minimum Gasteiger partial charge on any atom is -0.353 e. The zero-order valence-corrected chi connectivity index (χ0v) is 19.8. The number of ether oxygens (including phenoxy) is 2. The predicted octanol–water partition coefficient (Wildman–Crippen LogP) is 8.67. The average molecular weight is 385 g/mol. The van der Waals surface area contributed by atoms with Gasteiger partial charge in [-0.1, -0.05) is 111 Å². The van der Waals surface area contributed by atoms with Crippen molar-refractivity contribution in [2.45, 2.75) is 143 Å². The molecule has 0 aliphatic heterocycles. The molecular formula is C25H52O2. The summed E-state index contributed by atoms with van der Waals surface area (Å²) >= 11 is 0. The summed E-state index contributed by atoms with van der Waals surface area (Å²) in [6.07, 6.45) is 22.7. The summed E-state index contributed by atoms with van der Waals surface area (Å²) in [6, 6.07) is 0. The second-order valence-electron chi connectivity index (χ2n) is 8.73. The van der Waals surface area contributed by atoms with Crippen LogP contribution in [0.5, 0.6) is 0 Å². The monoisotopic (exact) mass is 384 g/mol. The Bertz CT molecular complexity index is 311. The topological polar surface area (TPSA) is 18.5 Å². The summed E-state index contributed by atoms with van der Waals surface area (Å²) in [4.78, 5) is 0. The van der Waals surface area contributed by atoms with Crippen LogP contribution in [0.4, 0.5) is 0 Å². The number of unbranched alkanes of at least 4 members (excludes halogenated alkanes) is 12. The Morgan fingerprint density at radius 3 is 1.15 bits per heavy atom. The molecule has 0 spiro atoms.